The monoisotopic (exact) mass is 180 g/mol. The van der Waals surface area contributed by atoms with Crippen LogP contribution in [0.4, 0.5) is 0 Å². The van der Waals surface area contributed by atoms with E-state index in [2.05, 4.69) is 19.9 Å². The lowest BCUT2D eigenvalue weighted by Gasteiger charge is -2.09. The molecule has 0 nitrogen and oxygen atoms in total. The van der Waals surface area contributed by atoms with E-state index in [4.69, 9.17) is 11.6 Å². The van der Waals surface area contributed by atoms with Gasteiger partial charge in [0, 0.05) is 5.02 Å². The molecule has 0 amide bonds. The quantitative estimate of drug-likeness (QED) is 0.574. The van der Waals surface area contributed by atoms with Crippen molar-refractivity contribution in [1.82, 2.24) is 0 Å². The molecule has 2 rings (SSSR count). The third kappa shape index (κ3) is 1.06. The molecule has 0 aromatic heterocycles. The summed E-state index contributed by atoms with van der Waals surface area (Å²) in [5.41, 5.74) is 5.70. The SMILES string of the molecule is Cc1cc(Cl)c2c(c1C)CCC2. The summed E-state index contributed by atoms with van der Waals surface area (Å²) >= 11 is 6.15. The summed E-state index contributed by atoms with van der Waals surface area (Å²) in [5, 5.41) is 0.977. The van der Waals surface area contributed by atoms with E-state index in [0.717, 1.165) is 5.02 Å². The molecule has 0 saturated carbocycles. The molecule has 0 aliphatic heterocycles. The number of hydrogen-bond donors (Lipinski definition) is 0. The van der Waals surface area contributed by atoms with E-state index in [1.807, 2.05) is 0 Å². The van der Waals surface area contributed by atoms with Crippen LogP contribution >= 0.6 is 11.6 Å². The van der Waals surface area contributed by atoms with Crippen molar-refractivity contribution in [3.05, 3.63) is 33.3 Å². The summed E-state index contributed by atoms with van der Waals surface area (Å²) in [6.07, 6.45) is 3.68. The first-order valence-electron chi connectivity index (χ1n) is 4.47. The molecule has 1 aromatic rings. The number of benzene rings is 1. The normalized spacial score (nSPS) is 14.9. The summed E-state index contributed by atoms with van der Waals surface area (Å²) in [6.45, 7) is 4.34. The molecule has 0 spiro atoms. The molecule has 0 N–H and O–H groups in total. The van der Waals surface area contributed by atoms with Gasteiger partial charge in [-0.1, -0.05) is 11.6 Å². The van der Waals surface area contributed by atoms with Gasteiger partial charge in [0.15, 0.2) is 0 Å². The van der Waals surface area contributed by atoms with E-state index < -0.39 is 0 Å². The Balaban J connectivity index is 2.69. The number of rotatable bonds is 0. The molecule has 0 atom stereocenters. The molecule has 0 unspecified atom stereocenters. The number of aryl methyl sites for hydroxylation is 1. The lowest BCUT2D eigenvalue weighted by molar-refractivity contribution is 0.909. The van der Waals surface area contributed by atoms with Crippen LogP contribution in [-0.2, 0) is 12.8 Å². The van der Waals surface area contributed by atoms with Crippen molar-refractivity contribution in [2.24, 2.45) is 0 Å². The minimum atomic E-state index is 0.977. The predicted molar refractivity (Wildman–Crippen MR) is 53.0 cm³/mol. The second-order valence-electron chi connectivity index (χ2n) is 3.61. The van der Waals surface area contributed by atoms with Crippen molar-refractivity contribution < 1.29 is 0 Å². The molecule has 1 heteroatoms. The minimum Gasteiger partial charge on any atom is -0.0840 e. The maximum atomic E-state index is 6.15. The van der Waals surface area contributed by atoms with Gasteiger partial charge >= 0.3 is 0 Å². The number of fused-ring (bicyclic) bond motifs is 1. The van der Waals surface area contributed by atoms with Gasteiger partial charge in [-0.15, -0.1) is 0 Å². The molecule has 64 valence electrons. The van der Waals surface area contributed by atoms with E-state index in [0.29, 0.717) is 0 Å². The summed E-state index contributed by atoms with van der Waals surface area (Å²) in [4.78, 5) is 0. The average molecular weight is 181 g/mol. The zero-order valence-corrected chi connectivity index (χ0v) is 8.33. The van der Waals surface area contributed by atoms with Gasteiger partial charge in [-0.2, -0.15) is 0 Å². The van der Waals surface area contributed by atoms with E-state index in [1.54, 1.807) is 0 Å². The van der Waals surface area contributed by atoms with Crippen molar-refractivity contribution in [1.29, 1.82) is 0 Å². The Hall–Kier alpha value is -0.490. The first-order valence-corrected chi connectivity index (χ1v) is 4.85. The average Bonchev–Trinajstić information content (AvgIpc) is 2.48. The Labute approximate surface area is 78.6 Å². The number of halogens is 1. The van der Waals surface area contributed by atoms with Gasteiger partial charge in [-0.05, 0) is 61.4 Å². The van der Waals surface area contributed by atoms with Crippen LogP contribution in [0.5, 0.6) is 0 Å². The highest BCUT2D eigenvalue weighted by atomic mass is 35.5. The van der Waals surface area contributed by atoms with Crippen LogP contribution in [0.15, 0.2) is 6.07 Å². The fraction of sp³-hybridized carbons (Fsp3) is 0.455. The molecule has 0 heterocycles. The van der Waals surface area contributed by atoms with Gasteiger partial charge in [0.1, 0.15) is 0 Å². The molecular formula is C11H13Cl. The van der Waals surface area contributed by atoms with Crippen LogP contribution in [0, 0.1) is 13.8 Å². The fourth-order valence-corrected chi connectivity index (χ4v) is 2.42. The molecule has 0 fully saturated rings. The predicted octanol–water partition coefficient (Wildman–Crippen LogP) is 3.45. The summed E-state index contributed by atoms with van der Waals surface area (Å²) in [5.74, 6) is 0. The molecule has 1 aromatic carbocycles. The van der Waals surface area contributed by atoms with Gasteiger partial charge in [0.25, 0.3) is 0 Å². The van der Waals surface area contributed by atoms with Crippen molar-refractivity contribution in [2.75, 3.05) is 0 Å². The Bertz CT molecular complexity index is 326. The lowest BCUT2D eigenvalue weighted by atomic mass is 10.00. The highest BCUT2D eigenvalue weighted by molar-refractivity contribution is 6.31. The maximum Gasteiger partial charge on any atom is 0.0443 e. The largest absolute Gasteiger partial charge is 0.0840 e. The van der Waals surface area contributed by atoms with Gasteiger partial charge in [0.2, 0.25) is 0 Å². The van der Waals surface area contributed by atoms with Crippen LogP contribution in [0.2, 0.25) is 5.02 Å². The van der Waals surface area contributed by atoms with E-state index >= 15 is 0 Å². The van der Waals surface area contributed by atoms with Crippen molar-refractivity contribution in [2.45, 2.75) is 33.1 Å². The molecular weight excluding hydrogens is 168 g/mol. The maximum absolute atomic E-state index is 6.15. The highest BCUT2D eigenvalue weighted by Gasteiger charge is 2.17. The second-order valence-corrected chi connectivity index (χ2v) is 4.02. The summed E-state index contributed by atoms with van der Waals surface area (Å²) in [7, 11) is 0. The van der Waals surface area contributed by atoms with E-state index in [1.165, 1.54) is 41.5 Å². The zero-order valence-electron chi connectivity index (χ0n) is 7.58. The highest BCUT2D eigenvalue weighted by Crippen LogP contribution is 2.32. The Morgan fingerprint density at radius 2 is 1.83 bits per heavy atom. The van der Waals surface area contributed by atoms with Crippen LogP contribution in [0.3, 0.4) is 0 Å². The van der Waals surface area contributed by atoms with Crippen molar-refractivity contribution in [3.8, 4) is 0 Å². The molecule has 1 aliphatic rings. The van der Waals surface area contributed by atoms with Crippen LogP contribution in [0.1, 0.15) is 28.7 Å². The molecule has 12 heavy (non-hydrogen) atoms. The smallest absolute Gasteiger partial charge is 0.0443 e. The molecule has 0 radical (unpaired) electrons. The second kappa shape index (κ2) is 2.77. The standard InChI is InChI=1S/C11H13Cl/c1-7-6-11(12)10-5-3-4-9(10)8(7)2/h6H,3-5H2,1-2H3. The Morgan fingerprint density at radius 3 is 2.58 bits per heavy atom. The zero-order chi connectivity index (χ0) is 8.72. The topological polar surface area (TPSA) is 0 Å². The lowest BCUT2D eigenvalue weighted by Crippen LogP contribution is -1.92. The van der Waals surface area contributed by atoms with Gasteiger partial charge < -0.3 is 0 Å². The molecule has 0 bridgehead atoms. The van der Waals surface area contributed by atoms with Gasteiger partial charge in [-0.3, -0.25) is 0 Å². The van der Waals surface area contributed by atoms with Crippen LogP contribution in [-0.4, -0.2) is 0 Å². The van der Waals surface area contributed by atoms with Crippen molar-refractivity contribution in [3.63, 3.8) is 0 Å². The third-order valence-corrected chi connectivity index (χ3v) is 3.23. The summed E-state index contributed by atoms with van der Waals surface area (Å²) in [6, 6.07) is 2.10. The summed E-state index contributed by atoms with van der Waals surface area (Å²) < 4.78 is 0. The minimum absolute atomic E-state index is 0.977. The first-order chi connectivity index (χ1) is 5.70. The molecule has 0 saturated heterocycles. The van der Waals surface area contributed by atoms with Crippen molar-refractivity contribution >= 4 is 11.6 Å². The fourth-order valence-electron chi connectivity index (χ4n) is 2.04. The van der Waals surface area contributed by atoms with Gasteiger partial charge in [0.05, 0.1) is 0 Å². The first kappa shape index (κ1) is 8.12. The van der Waals surface area contributed by atoms with Gasteiger partial charge in [-0.25, -0.2) is 0 Å². The molecule has 1 aliphatic carbocycles. The van der Waals surface area contributed by atoms with E-state index in [9.17, 15) is 0 Å². The van der Waals surface area contributed by atoms with Crippen LogP contribution < -0.4 is 0 Å². The Morgan fingerprint density at radius 1 is 1.17 bits per heavy atom. The van der Waals surface area contributed by atoms with Crippen LogP contribution in [0.25, 0.3) is 0 Å². The Kier molecular flexibility index (Phi) is 1.88. The number of hydrogen-bond acceptors (Lipinski definition) is 0. The third-order valence-electron chi connectivity index (χ3n) is 2.89. The van der Waals surface area contributed by atoms with E-state index in [-0.39, 0.29) is 0 Å².